The summed E-state index contributed by atoms with van der Waals surface area (Å²) in [5.74, 6) is -2.28. The fraction of sp³-hybridized carbons (Fsp3) is 0.267. The summed E-state index contributed by atoms with van der Waals surface area (Å²) in [5, 5.41) is -1.92. The predicted octanol–water partition coefficient (Wildman–Crippen LogP) is 2.15. The molecule has 0 amide bonds. The second-order valence-corrected chi connectivity index (χ2v) is 5.39. The van der Waals surface area contributed by atoms with Crippen LogP contribution in [-0.4, -0.2) is 22.0 Å². The smallest absolute Gasteiger partial charge is 0.318 e. The maximum atomic E-state index is 12.0. The van der Waals surface area contributed by atoms with Crippen LogP contribution in [0.1, 0.15) is 12.0 Å². The number of benzene rings is 1. The molecule has 7 heteroatoms. The minimum absolute atomic E-state index is 0.0270. The molecule has 0 aliphatic heterocycles. The molecule has 0 aliphatic carbocycles. The van der Waals surface area contributed by atoms with Gasteiger partial charge in [-0.2, -0.15) is 0 Å². The third kappa shape index (κ3) is 4.94. The van der Waals surface area contributed by atoms with Crippen molar-refractivity contribution < 1.29 is 19.1 Å². The Balaban J connectivity index is 2.78. The Kier molecular flexibility index (Phi) is 6.74. The molecule has 118 valence electrons. The Bertz CT molecular complexity index is 576. The highest BCUT2D eigenvalue weighted by atomic mass is 35.5. The van der Waals surface area contributed by atoms with E-state index in [0.717, 1.165) is 11.6 Å². The van der Waals surface area contributed by atoms with Crippen LogP contribution in [0, 0.1) is 5.92 Å². The third-order valence-electron chi connectivity index (χ3n) is 3.05. The Morgan fingerprint density at radius 2 is 1.86 bits per heavy atom. The van der Waals surface area contributed by atoms with Gasteiger partial charge in [-0.25, -0.2) is 0 Å². The lowest BCUT2D eigenvalue weighted by Gasteiger charge is -2.24. The fourth-order valence-corrected chi connectivity index (χ4v) is 1.99. The molecule has 0 heterocycles. The SMILES string of the molecule is C=C[C@](N)(CC(C(=O)Cl)C(=O)OCc1ccccc1)C(=O)Cl. The molecule has 0 saturated carbocycles. The molecule has 0 radical (unpaired) electrons. The molecular weight excluding hydrogens is 329 g/mol. The molecule has 0 saturated heterocycles. The van der Waals surface area contributed by atoms with Crippen LogP contribution in [0.2, 0.25) is 0 Å². The van der Waals surface area contributed by atoms with Crippen LogP contribution in [0.15, 0.2) is 43.0 Å². The standard InChI is InChI=1S/C15H15Cl2NO4/c1-2-15(18,14(17)21)8-11(12(16)19)13(20)22-9-10-6-4-3-5-7-10/h2-7,11H,1,8-9,18H2/t11?,15-/m0/s1. The van der Waals surface area contributed by atoms with E-state index >= 15 is 0 Å². The van der Waals surface area contributed by atoms with E-state index in [-0.39, 0.29) is 6.61 Å². The lowest BCUT2D eigenvalue weighted by atomic mass is 9.89. The summed E-state index contributed by atoms with van der Waals surface area (Å²) >= 11 is 10.8. The van der Waals surface area contributed by atoms with Gasteiger partial charge in [0.1, 0.15) is 18.1 Å². The van der Waals surface area contributed by atoms with Crippen LogP contribution in [-0.2, 0) is 25.7 Å². The van der Waals surface area contributed by atoms with Crippen LogP contribution >= 0.6 is 23.2 Å². The number of hydrogen-bond acceptors (Lipinski definition) is 5. The monoisotopic (exact) mass is 343 g/mol. The van der Waals surface area contributed by atoms with Gasteiger partial charge in [0.2, 0.25) is 10.5 Å². The molecule has 0 aliphatic rings. The molecule has 0 bridgehead atoms. The molecular formula is C15H15Cl2NO4. The van der Waals surface area contributed by atoms with Crippen molar-refractivity contribution in [1.29, 1.82) is 0 Å². The van der Waals surface area contributed by atoms with E-state index in [9.17, 15) is 14.4 Å². The van der Waals surface area contributed by atoms with E-state index in [4.69, 9.17) is 33.7 Å². The number of hydrogen-bond donors (Lipinski definition) is 1. The fourth-order valence-electron chi connectivity index (χ4n) is 1.67. The first-order valence-corrected chi connectivity index (χ1v) is 7.08. The highest BCUT2D eigenvalue weighted by molar-refractivity contribution is 6.66. The van der Waals surface area contributed by atoms with Gasteiger partial charge in [-0.1, -0.05) is 36.4 Å². The van der Waals surface area contributed by atoms with Gasteiger partial charge in [0.25, 0.3) is 0 Å². The van der Waals surface area contributed by atoms with Gasteiger partial charge in [-0.05, 0) is 35.2 Å². The number of ether oxygens (including phenoxy) is 1. The van der Waals surface area contributed by atoms with E-state index in [1.165, 1.54) is 0 Å². The first-order chi connectivity index (χ1) is 10.3. The van der Waals surface area contributed by atoms with E-state index in [1.54, 1.807) is 24.3 Å². The van der Waals surface area contributed by atoms with Gasteiger partial charge in [0.15, 0.2) is 0 Å². The molecule has 1 rings (SSSR count). The van der Waals surface area contributed by atoms with Gasteiger partial charge in [0.05, 0.1) is 0 Å². The summed E-state index contributed by atoms with van der Waals surface area (Å²) in [6.45, 7) is 3.36. The zero-order valence-electron chi connectivity index (χ0n) is 11.6. The topological polar surface area (TPSA) is 86.5 Å². The predicted molar refractivity (Wildman–Crippen MR) is 83.2 cm³/mol. The number of rotatable bonds is 8. The number of carbonyl (C=O) groups is 3. The molecule has 1 aromatic carbocycles. The molecule has 0 aromatic heterocycles. The van der Waals surface area contributed by atoms with Crippen LogP contribution < -0.4 is 5.73 Å². The molecule has 0 fully saturated rings. The summed E-state index contributed by atoms with van der Waals surface area (Å²) < 4.78 is 5.03. The van der Waals surface area contributed by atoms with Gasteiger partial charge >= 0.3 is 5.97 Å². The van der Waals surface area contributed by atoms with Crippen LogP contribution in [0.4, 0.5) is 0 Å². The Hall–Kier alpha value is -1.69. The second kappa shape index (κ2) is 8.08. The van der Waals surface area contributed by atoms with Crippen molar-refractivity contribution >= 4 is 39.7 Å². The van der Waals surface area contributed by atoms with Crippen LogP contribution in [0.3, 0.4) is 0 Å². The number of esters is 1. The Morgan fingerprint density at radius 3 is 2.32 bits per heavy atom. The van der Waals surface area contributed by atoms with E-state index in [1.807, 2.05) is 6.07 Å². The van der Waals surface area contributed by atoms with Crippen molar-refractivity contribution in [1.82, 2.24) is 0 Å². The number of carbonyl (C=O) groups excluding carboxylic acids is 3. The zero-order valence-corrected chi connectivity index (χ0v) is 13.1. The molecule has 2 N–H and O–H groups in total. The average molecular weight is 344 g/mol. The average Bonchev–Trinajstić information content (AvgIpc) is 2.50. The molecule has 22 heavy (non-hydrogen) atoms. The highest BCUT2D eigenvalue weighted by Gasteiger charge is 2.39. The molecule has 1 aromatic rings. The van der Waals surface area contributed by atoms with Crippen molar-refractivity contribution in [3.05, 3.63) is 48.6 Å². The summed E-state index contributed by atoms with van der Waals surface area (Å²) in [7, 11) is 0. The maximum Gasteiger partial charge on any atom is 0.318 e. The minimum atomic E-state index is -1.73. The maximum absolute atomic E-state index is 12.0. The van der Waals surface area contributed by atoms with Gasteiger partial charge in [-0.15, -0.1) is 6.58 Å². The van der Waals surface area contributed by atoms with Crippen molar-refractivity contribution in [3.63, 3.8) is 0 Å². The van der Waals surface area contributed by atoms with E-state index in [0.29, 0.717) is 0 Å². The normalized spacial score (nSPS) is 14.5. The zero-order chi connectivity index (χ0) is 16.8. The van der Waals surface area contributed by atoms with Crippen molar-refractivity contribution in [2.45, 2.75) is 18.6 Å². The first-order valence-electron chi connectivity index (χ1n) is 6.32. The largest absolute Gasteiger partial charge is 0.460 e. The molecule has 1 unspecified atom stereocenters. The summed E-state index contributed by atoms with van der Waals surface area (Å²) in [6.07, 6.45) is 0.661. The summed E-state index contributed by atoms with van der Waals surface area (Å²) in [4.78, 5) is 34.8. The molecule has 0 spiro atoms. The third-order valence-corrected chi connectivity index (χ3v) is 3.67. The quantitative estimate of drug-likeness (QED) is 0.338. The summed E-state index contributed by atoms with van der Waals surface area (Å²) in [5.41, 5.74) is 4.72. The minimum Gasteiger partial charge on any atom is -0.460 e. The van der Waals surface area contributed by atoms with Crippen molar-refractivity contribution in [2.24, 2.45) is 11.7 Å². The molecule has 2 atom stereocenters. The van der Waals surface area contributed by atoms with Crippen molar-refractivity contribution in [2.75, 3.05) is 0 Å². The van der Waals surface area contributed by atoms with Gasteiger partial charge < -0.3 is 10.5 Å². The lowest BCUT2D eigenvalue weighted by molar-refractivity contribution is -0.152. The highest BCUT2D eigenvalue weighted by Crippen LogP contribution is 2.22. The van der Waals surface area contributed by atoms with Crippen molar-refractivity contribution in [3.8, 4) is 0 Å². The Labute approximate surface area is 138 Å². The first kappa shape index (κ1) is 18.4. The Morgan fingerprint density at radius 1 is 1.27 bits per heavy atom. The lowest BCUT2D eigenvalue weighted by Crippen LogP contribution is -2.47. The number of nitrogens with two attached hydrogens (primary N) is 1. The van der Waals surface area contributed by atoms with Crippen LogP contribution in [0.5, 0.6) is 0 Å². The van der Waals surface area contributed by atoms with Gasteiger partial charge in [0, 0.05) is 0 Å². The van der Waals surface area contributed by atoms with Gasteiger partial charge in [-0.3, -0.25) is 14.4 Å². The van der Waals surface area contributed by atoms with E-state index < -0.39 is 34.3 Å². The number of halogens is 2. The van der Waals surface area contributed by atoms with Crippen LogP contribution in [0.25, 0.3) is 0 Å². The van der Waals surface area contributed by atoms with E-state index in [2.05, 4.69) is 6.58 Å². The molecule has 5 nitrogen and oxygen atoms in total. The second-order valence-electron chi connectivity index (χ2n) is 4.67. The summed E-state index contributed by atoms with van der Waals surface area (Å²) in [6, 6.07) is 8.88.